The Morgan fingerprint density at radius 1 is 1.21 bits per heavy atom. The number of aromatic nitrogens is 2. The molecule has 2 aromatic heterocycles. The normalized spacial score (nSPS) is 12.1. The van der Waals surface area contributed by atoms with Crippen LogP contribution in [0.2, 0.25) is 0 Å². The minimum Gasteiger partial charge on any atom is -0.469 e. The fourth-order valence-corrected chi connectivity index (χ4v) is 4.15. The van der Waals surface area contributed by atoms with E-state index in [9.17, 15) is 4.79 Å². The predicted molar refractivity (Wildman–Crippen MR) is 113 cm³/mol. The Kier molecular flexibility index (Phi) is 6.59. The first-order chi connectivity index (χ1) is 13.6. The smallest absolute Gasteiger partial charge is 0.310 e. The molecule has 3 rings (SSSR count). The molecule has 0 spiro atoms. The van der Waals surface area contributed by atoms with Crippen LogP contribution in [0.25, 0.3) is 21.3 Å². The molecule has 148 valence electrons. The summed E-state index contributed by atoms with van der Waals surface area (Å²) < 4.78 is 10.2. The van der Waals surface area contributed by atoms with Crippen LogP contribution in [0, 0.1) is 5.92 Å². The lowest BCUT2D eigenvalue weighted by atomic mass is 10.1. The molecule has 0 amide bonds. The monoisotopic (exact) mass is 399 g/mol. The maximum Gasteiger partial charge on any atom is 0.310 e. The SMILES string of the molecule is CCN(C[C@H](C)C(=O)OC)c1nc(COC)nc2scc(-c3ccccc3)c12. The van der Waals surface area contributed by atoms with E-state index in [4.69, 9.17) is 14.5 Å². The number of rotatable bonds is 8. The highest BCUT2D eigenvalue weighted by atomic mass is 32.1. The van der Waals surface area contributed by atoms with Gasteiger partial charge < -0.3 is 14.4 Å². The zero-order valence-corrected chi connectivity index (χ0v) is 17.5. The molecule has 7 heteroatoms. The number of anilines is 1. The van der Waals surface area contributed by atoms with Crippen molar-refractivity contribution in [3.05, 3.63) is 41.5 Å². The lowest BCUT2D eigenvalue weighted by molar-refractivity contribution is -0.144. The zero-order valence-electron chi connectivity index (χ0n) is 16.6. The van der Waals surface area contributed by atoms with Gasteiger partial charge >= 0.3 is 5.97 Å². The first-order valence-electron chi connectivity index (χ1n) is 9.24. The van der Waals surface area contributed by atoms with Crippen LogP contribution in [0.15, 0.2) is 35.7 Å². The average Bonchev–Trinajstić information content (AvgIpc) is 3.15. The van der Waals surface area contributed by atoms with E-state index < -0.39 is 0 Å². The summed E-state index contributed by atoms with van der Waals surface area (Å²) >= 11 is 1.60. The van der Waals surface area contributed by atoms with Crippen molar-refractivity contribution in [1.82, 2.24) is 9.97 Å². The van der Waals surface area contributed by atoms with Gasteiger partial charge in [-0.2, -0.15) is 0 Å². The Morgan fingerprint density at radius 2 is 1.96 bits per heavy atom. The largest absolute Gasteiger partial charge is 0.469 e. The van der Waals surface area contributed by atoms with Crippen LogP contribution in [-0.4, -0.2) is 43.2 Å². The van der Waals surface area contributed by atoms with Crippen molar-refractivity contribution in [2.45, 2.75) is 20.5 Å². The van der Waals surface area contributed by atoms with Gasteiger partial charge in [-0.15, -0.1) is 11.3 Å². The summed E-state index contributed by atoms with van der Waals surface area (Å²) in [5.74, 6) is 0.972. The lowest BCUT2D eigenvalue weighted by Crippen LogP contribution is -2.33. The molecule has 0 unspecified atom stereocenters. The lowest BCUT2D eigenvalue weighted by Gasteiger charge is -2.26. The number of carbonyl (C=O) groups excluding carboxylic acids is 1. The third kappa shape index (κ3) is 4.15. The van der Waals surface area contributed by atoms with Gasteiger partial charge in [0.15, 0.2) is 5.82 Å². The molecule has 0 saturated heterocycles. The molecule has 2 heterocycles. The molecule has 1 atom stereocenters. The van der Waals surface area contributed by atoms with Crippen LogP contribution in [-0.2, 0) is 20.9 Å². The summed E-state index contributed by atoms with van der Waals surface area (Å²) in [6.45, 7) is 5.50. The van der Waals surface area contributed by atoms with E-state index in [1.165, 1.54) is 7.11 Å². The molecule has 28 heavy (non-hydrogen) atoms. The summed E-state index contributed by atoms with van der Waals surface area (Å²) in [5.41, 5.74) is 2.22. The third-order valence-corrected chi connectivity index (χ3v) is 5.47. The van der Waals surface area contributed by atoms with Gasteiger partial charge in [-0.3, -0.25) is 4.79 Å². The number of ether oxygens (including phenoxy) is 2. The molecular weight excluding hydrogens is 374 g/mol. The first kappa shape index (κ1) is 20.2. The second-order valence-corrected chi connectivity index (χ2v) is 7.41. The second kappa shape index (κ2) is 9.12. The molecule has 0 N–H and O–H groups in total. The van der Waals surface area contributed by atoms with E-state index in [-0.39, 0.29) is 11.9 Å². The molecule has 0 fully saturated rings. The molecule has 1 aromatic carbocycles. The summed E-state index contributed by atoms with van der Waals surface area (Å²) in [6.07, 6.45) is 0. The molecular formula is C21H25N3O3S. The van der Waals surface area contributed by atoms with Crippen molar-refractivity contribution < 1.29 is 14.3 Å². The number of esters is 1. The van der Waals surface area contributed by atoms with Crippen LogP contribution in [0.1, 0.15) is 19.7 Å². The minimum absolute atomic E-state index is 0.227. The van der Waals surface area contributed by atoms with Gasteiger partial charge in [0.1, 0.15) is 17.3 Å². The topological polar surface area (TPSA) is 64.6 Å². The van der Waals surface area contributed by atoms with Crippen molar-refractivity contribution in [2.24, 2.45) is 5.92 Å². The Labute approximate surface area is 169 Å². The molecule has 0 bridgehead atoms. The van der Waals surface area contributed by atoms with Crippen molar-refractivity contribution in [1.29, 1.82) is 0 Å². The molecule has 3 aromatic rings. The van der Waals surface area contributed by atoms with Crippen molar-refractivity contribution in [3.8, 4) is 11.1 Å². The van der Waals surface area contributed by atoms with Crippen molar-refractivity contribution in [2.75, 3.05) is 32.2 Å². The number of carbonyl (C=O) groups is 1. The van der Waals surface area contributed by atoms with E-state index >= 15 is 0 Å². The van der Waals surface area contributed by atoms with Crippen molar-refractivity contribution in [3.63, 3.8) is 0 Å². The molecule has 0 aliphatic rings. The number of nitrogens with zero attached hydrogens (tertiary/aromatic N) is 3. The van der Waals surface area contributed by atoms with Crippen LogP contribution < -0.4 is 4.90 Å². The maximum atomic E-state index is 12.0. The van der Waals surface area contributed by atoms with Gasteiger partial charge in [-0.25, -0.2) is 9.97 Å². The van der Waals surface area contributed by atoms with Crippen LogP contribution in [0.3, 0.4) is 0 Å². The van der Waals surface area contributed by atoms with Crippen LogP contribution in [0.4, 0.5) is 5.82 Å². The third-order valence-electron chi connectivity index (χ3n) is 4.60. The molecule has 0 aliphatic heterocycles. The van der Waals surface area contributed by atoms with Gasteiger partial charge in [0, 0.05) is 31.1 Å². The Hall–Kier alpha value is -2.51. The number of hydrogen-bond acceptors (Lipinski definition) is 7. The van der Waals surface area contributed by atoms with Crippen LogP contribution >= 0.6 is 11.3 Å². The minimum atomic E-state index is -0.264. The van der Waals surface area contributed by atoms with Crippen molar-refractivity contribution >= 4 is 33.3 Å². The summed E-state index contributed by atoms with van der Waals surface area (Å²) in [7, 11) is 3.05. The zero-order chi connectivity index (χ0) is 20.1. The van der Waals surface area contributed by atoms with E-state index in [1.54, 1.807) is 18.4 Å². The number of thiophene rings is 1. The quantitative estimate of drug-likeness (QED) is 0.531. The van der Waals surface area contributed by atoms with Gasteiger partial charge in [-0.05, 0) is 12.5 Å². The fourth-order valence-electron chi connectivity index (χ4n) is 3.19. The molecule has 6 nitrogen and oxygen atoms in total. The number of benzene rings is 1. The molecule has 0 aliphatic carbocycles. The van der Waals surface area contributed by atoms with Gasteiger partial charge in [0.2, 0.25) is 0 Å². The first-order valence-corrected chi connectivity index (χ1v) is 10.1. The van der Waals surface area contributed by atoms with Gasteiger partial charge in [0.25, 0.3) is 0 Å². The molecule has 0 radical (unpaired) electrons. The number of methoxy groups -OCH3 is 2. The second-order valence-electron chi connectivity index (χ2n) is 6.55. The number of hydrogen-bond donors (Lipinski definition) is 0. The predicted octanol–water partition coefficient (Wildman–Crippen LogP) is 4.14. The Morgan fingerprint density at radius 3 is 2.61 bits per heavy atom. The van der Waals surface area contributed by atoms with E-state index in [1.807, 2.05) is 25.1 Å². The summed E-state index contributed by atoms with van der Waals surface area (Å²) in [5, 5.41) is 3.13. The highest BCUT2D eigenvalue weighted by Crippen LogP contribution is 2.38. The van der Waals surface area contributed by atoms with Gasteiger partial charge in [0.05, 0.1) is 18.4 Å². The average molecular weight is 400 g/mol. The van der Waals surface area contributed by atoms with E-state index in [2.05, 4.69) is 34.3 Å². The highest BCUT2D eigenvalue weighted by molar-refractivity contribution is 7.17. The van der Waals surface area contributed by atoms with Gasteiger partial charge in [-0.1, -0.05) is 37.3 Å². The van der Waals surface area contributed by atoms with Crippen LogP contribution in [0.5, 0.6) is 0 Å². The summed E-state index contributed by atoms with van der Waals surface area (Å²) in [4.78, 5) is 24.5. The fraction of sp³-hybridized carbons (Fsp3) is 0.381. The number of fused-ring (bicyclic) bond motifs is 1. The Bertz CT molecular complexity index is 943. The summed E-state index contributed by atoms with van der Waals surface area (Å²) in [6, 6.07) is 10.2. The standard InChI is InChI=1S/C21H25N3O3S/c1-5-24(11-14(2)21(25)27-4)19-18-16(15-9-7-6-8-10-15)13-28-20(18)23-17(22-19)12-26-3/h6-10,13-14H,5,11-12H2,1-4H3/t14-/m0/s1. The maximum absolute atomic E-state index is 12.0. The highest BCUT2D eigenvalue weighted by Gasteiger charge is 2.23. The van der Waals surface area contributed by atoms with E-state index in [0.717, 1.165) is 27.2 Å². The van der Waals surface area contributed by atoms with E-state index in [0.29, 0.717) is 25.5 Å². The molecule has 0 saturated carbocycles. The Balaban J connectivity index is 2.14.